The van der Waals surface area contributed by atoms with Gasteiger partial charge in [0.25, 0.3) is 0 Å². The fourth-order valence-corrected chi connectivity index (χ4v) is 6.68. The van der Waals surface area contributed by atoms with Gasteiger partial charge in [0.05, 0.1) is 24.0 Å². The Bertz CT molecular complexity index is 891. The number of amides is 3. The quantitative estimate of drug-likeness (QED) is 0.332. The highest BCUT2D eigenvalue weighted by atomic mass is 32.2. The highest BCUT2D eigenvalue weighted by Crippen LogP contribution is 2.51. The van der Waals surface area contributed by atoms with Crippen LogP contribution >= 0.6 is 11.8 Å². The van der Waals surface area contributed by atoms with Gasteiger partial charge in [-0.2, -0.15) is 0 Å². The van der Waals surface area contributed by atoms with Crippen LogP contribution in [0.15, 0.2) is 10.6 Å². The summed E-state index contributed by atoms with van der Waals surface area (Å²) < 4.78 is 0. The van der Waals surface area contributed by atoms with Crippen molar-refractivity contribution in [3.63, 3.8) is 0 Å². The number of nitrogens with one attached hydrogen (secondary N) is 2. The average molecular weight is 496 g/mol. The van der Waals surface area contributed by atoms with Gasteiger partial charge in [-0.05, 0) is 25.7 Å². The number of carboxylic acids is 1. The Morgan fingerprint density at radius 1 is 1.29 bits per heavy atom. The summed E-state index contributed by atoms with van der Waals surface area (Å²) in [6.07, 6.45) is 1.13. The third-order valence-electron chi connectivity index (χ3n) is 6.89. The number of aliphatic carboxylic acids is 1. The number of carbonyl (C=O) groups excluding carboxylic acids is 3. The first kappa shape index (κ1) is 26.5. The lowest BCUT2D eigenvalue weighted by molar-refractivity contribution is -0.158. The molecule has 3 heterocycles. The van der Waals surface area contributed by atoms with Crippen molar-refractivity contribution in [3.05, 3.63) is 10.6 Å². The molecule has 2 fully saturated rings. The lowest BCUT2D eigenvalue weighted by Crippen LogP contribution is -2.66. The molecule has 0 aromatic heterocycles. The minimum atomic E-state index is -1.13. The Kier molecular flexibility index (Phi) is 7.99. The monoisotopic (exact) mass is 495 g/mol. The van der Waals surface area contributed by atoms with Crippen LogP contribution in [0.2, 0.25) is 0 Å². The number of nitrogens with zero attached hydrogens (tertiary/aromatic N) is 2. The Morgan fingerprint density at radius 2 is 1.94 bits per heavy atom. The summed E-state index contributed by atoms with van der Waals surface area (Å²) in [5, 5.41) is 16.0. The second-order valence-electron chi connectivity index (χ2n) is 10.2. The zero-order valence-corrected chi connectivity index (χ0v) is 21.5. The molecule has 5 N–H and O–H groups in total. The van der Waals surface area contributed by atoms with Crippen molar-refractivity contribution in [2.45, 2.75) is 70.0 Å². The maximum atomic E-state index is 13.0. The van der Waals surface area contributed by atoms with E-state index in [4.69, 9.17) is 5.73 Å². The molecule has 2 saturated heterocycles. The third-order valence-corrected chi connectivity index (χ3v) is 8.40. The van der Waals surface area contributed by atoms with E-state index in [1.807, 2.05) is 20.8 Å². The smallest absolute Gasteiger partial charge is 0.353 e. The van der Waals surface area contributed by atoms with Crippen LogP contribution in [-0.4, -0.2) is 88.7 Å². The van der Waals surface area contributed by atoms with Gasteiger partial charge in [0.15, 0.2) is 0 Å². The van der Waals surface area contributed by atoms with E-state index < -0.39 is 24.0 Å². The lowest BCUT2D eigenvalue weighted by atomic mass is 9.78. The molecule has 3 rings (SSSR count). The van der Waals surface area contributed by atoms with Crippen molar-refractivity contribution in [3.8, 4) is 0 Å². The van der Waals surface area contributed by atoms with E-state index in [0.717, 1.165) is 0 Å². The number of carboxylic acid groups (broad SMARTS) is 1. The number of fused-ring (bicyclic) bond motifs is 1. The number of nitrogens with two attached hydrogens (primary N) is 1. The molecule has 0 saturated carbocycles. The van der Waals surface area contributed by atoms with Gasteiger partial charge in [-0.3, -0.25) is 14.4 Å². The molecule has 11 heteroatoms. The topological polar surface area (TPSA) is 145 Å². The summed E-state index contributed by atoms with van der Waals surface area (Å²) in [5.74, 6) is -2.16. The Hall–Kier alpha value is -2.11. The first-order valence-electron chi connectivity index (χ1n) is 11.8. The van der Waals surface area contributed by atoms with Crippen LogP contribution in [0.1, 0.15) is 40.5 Å². The zero-order chi connectivity index (χ0) is 25.5. The van der Waals surface area contributed by atoms with Crippen LogP contribution in [0.5, 0.6) is 0 Å². The van der Waals surface area contributed by atoms with Crippen molar-refractivity contribution in [2.24, 2.45) is 23.5 Å². The second-order valence-corrected chi connectivity index (χ2v) is 11.6. The number of rotatable bonds is 9. The van der Waals surface area contributed by atoms with Gasteiger partial charge < -0.3 is 31.3 Å². The predicted molar refractivity (Wildman–Crippen MR) is 129 cm³/mol. The summed E-state index contributed by atoms with van der Waals surface area (Å²) in [6.45, 7) is 8.26. The Balaban J connectivity index is 1.71. The molecule has 0 radical (unpaired) electrons. The third kappa shape index (κ3) is 4.96. The molecule has 0 spiro atoms. The number of carbonyl (C=O) groups is 4. The van der Waals surface area contributed by atoms with Crippen molar-refractivity contribution in [1.82, 2.24) is 20.4 Å². The van der Waals surface area contributed by atoms with Gasteiger partial charge in [-0.25, -0.2) is 4.79 Å². The average Bonchev–Trinajstić information content (AvgIpc) is 3.29. The minimum absolute atomic E-state index is 0.00527. The number of β-lactam (4-membered cyclic amide) rings is 1. The molecule has 0 aromatic carbocycles. The van der Waals surface area contributed by atoms with E-state index in [1.165, 1.54) is 16.7 Å². The molecule has 0 unspecified atom stereocenters. The fourth-order valence-electron chi connectivity index (χ4n) is 5.21. The van der Waals surface area contributed by atoms with Crippen LogP contribution in [0.25, 0.3) is 0 Å². The highest BCUT2D eigenvalue weighted by molar-refractivity contribution is 8.03. The summed E-state index contributed by atoms with van der Waals surface area (Å²) in [4.78, 5) is 53.6. The van der Waals surface area contributed by atoms with E-state index in [-0.39, 0.29) is 52.6 Å². The molecule has 3 aliphatic rings. The van der Waals surface area contributed by atoms with Gasteiger partial charge in [0, 0.05) is 42.8 Å². The van der Waals surface area contributed by atoms with Crippen molar-refractivity contribution < 1.29 is 24.3 Å². The van der Waals surface area contributed by atoms with E-state index in [2.05, 4.69) is 10.6 Å². The van der Waals surface area contributed by atoms with Gasteiger partial charge in [-0.15, -0.1) is 11.8 Å². The highest BCUT2D eigenvalue weighted by Gasteiger charge is 2.60. The van der Waals surface area contributed by atoms with Crippen LogP contribution in [0, 0.1) is 17.8 Å². The molecule has 0 aliphatic carbocycles. The molecule has 3 amide bonds. The van der Waals surface area contributed by atoms with E-state index in [1.54, 1.807) is 25.9 Å². The summed E-state index contributed by atoms with van der Waals surface area (Å²) in [6, 6.07) is -1.74. The van der Waals surface area contributed by atoms with Gasteiger partial charge in [0.1, 0.15) is 5.70 Å². The molecule has 10 nitrogen and oxygen atoms in total. The number of thioether (sulfide) groups is 1. The SMILES string of the molecule is CC(C)C[C@H](N)C(=O)N[C@H](C)[C@H]1C(=O)N2C(C(=O)O)=C(S[C@@H]3CN[C@H](C(=O)N(C)C)C3)[C@H](C)[C@H]12. The maximum absolute atomic E-state index is 13.0. The Morgan fingerprint density at radius 3 is 2.50 bits per heavy atom. The molecule has 3 aliphatic heterocycles. The normalized spacial score (nSPS) is 30.2. The van der Waals surface area contributed by atoms with Gasteiger partial charge in [0.2, 0.25) is 17.7 Å². The number of hydrogen-bond acceptors (Lipinski definition) is 7. The number of hydrogen-bond donors (Lipinski definition) is 4. The van der Waals surface area contributed by atoms with Gasteiger partial charge >= 0.3 is 5.97 Å². The molecule has 190 valence electrons. The van der Waals surface area contributed by atoms with Gasteiger partial charge in [-0.1, -0.05) is 20.8 Å². The standard InChI is InChI=1S/C23H37N5O5S/c1-10(2)7-14(24)20(29)26-12(4)16-17-11(3)19(18(23(32)33)28(17)22(16)31)34-13-8-15(25-9-13)21(30)27(5)6/h10-17,25H,7-9,24H2,1-6H3,(H,26,29)(H,32,33)/t11-,12-,13+,14+,15+,16-,17-/m1/s1. The number of likely N-dealkylation sites (N-methyl/N-ethyl adjacent to an activating group) is 1. The van der Waals surface area contributed by atoms with Crippen molar-refractivity contribution in [2.75, 3.05) is 20.6 Å². The molecular formula is C23H37N5O5S. The maximum Gasteiger partial charge on any atom is 0.353 e. The molecule has 34 heavy (non-hydrogen) atoms. The first-order valence-corrected chi connectivity index (χ1v) is 12.7. The van der Waals surface area contributed by atoms with Crippen molar-refractivity contribution in [1.29, 1.82) is 0 Å². The fraction of sp³-hybridized carbons (Fsp3) is 0.739. The molecule has 0 aromatic rings. The Labute approximate surface area is 205 Å². The summed E-state index contributed by atoms with van der Waals surface area (Å²) in [5.41, 5.74) is 6.02. The van der Waals surface area contributed by atoms with E-state index >= 15 is 0 Å². The summed E-state index contributed by atoms with van der Waals surface area (Å²) >= 11 is 1.45. The largest absolute Gasteiger partial charge is 0.477 e. The molecule has 7 atom stereocenters. The predicted octanol–water partition coefficient (Wildman–Crippen LogP) is 0.189. The second kappa shape index (κ2) is 10.2. The van der Waals surface area contributed by atoms with Crippen LogP contribution in [0.3, 0.4) is 0 Å². The van der Waals surface area contributed by atoms with E-state index in [9.17, 15) is 24.3 Å². The zero-order valence-electron chi connectivity index (χ0n) is 20.7. The molecular weight excluding hydrogens is 458 g/mol. The summed E-state index contributed by atoms with van der Waals surface area (Å²) in [7, 11) is 3.42. The van der Waals surface area contributed by atoms with Crippen molar-refractivity contribution >= 4 is 35.5 Å². The lowest BCUT2D eigenvalue weighted by Gasteiger charge is -2.47. The molecule has 0 bridgehead atoms. The van der Waals surface area contributed by atoms with Crippen LogP contribution < -0.4 is 16.4 Å². The van der Waals surface area contributed by atoms with Crippen LogP contribution in [0.4, 0.5) is 0 Å². The first-order chi connectivity index (χ1) is 15.8. The minimum Gasteiger partial charge on any atom is -0.477 e. The van der Waals surface area contributed by atoms with Crippen LogP contribution in [-0.2, 0) is 19.2 Å². The van der Waals surface area contributed by atoms with E-state index in [0.29, 0.717) is 24.3 Å².